The molecule has 8 heteroatoms. The average Bonchev–Trinajstić information content (AvgIpc) is 2.66. The number of dihydropyridines is 1. The Morgan fingerprint density at radius 1 is 1.22 bits per heavy atom. The van der Waals surface area contributed by atoms with Gasteiger partial charge in [0, 0.05) is 5.57 Å². The molecule has 27 heavy (non-hydrogen) atoms. The van der Waals surface area contributed by atoms with Crippen LogP contribution in [-0.4, -0.2) is 36.3 Å². The van der Waals surface area contributed by atoms with Crippen molar-refractivity contribution in [1.82, 2.24) is 10.6 Å². The molecule has 0 aliphatic carbocycles. The topological polar surface area (TPSA) is 114 Å². The first-order valence-corrected chi connectivity index (χ1v) is 8.09. The second-order valence-corrected chi connectivity index (χ2v) is 5.73. The van der Waals surface area contributed by atoms with Crippen molar-refractivity contribution < 1.29 is 29.0 Å². The number of rotatable bonds is 7. The highest BCUT2D eigenvalue weighted by atomic mass is 16.6. The van der Waals surface area contributed by atoms with E-state index in [4.69, 9.17) is 9.47 Å². The maximum Gasteiger partial charge on any atom is 0.412 e. The van der Waals surface area contributed by atoms with Crippen LogP contribution in [0.5, 0.6) is 5.75 Å². The minimum Gasteiger partial charge on any atom is -0.479 e. The van der Waals surface area contributed by atoms with Gasteiger partial charge in [-0.1, -0.05) is 24.8 Å². The number of allylic oxidation sites excluding steroid dienone is 2. The SMILES string of the molecule is C=C(C)C(=O)OCCNC(=O)Oc1ccc(C2(C(=O)O)C=CC=CN2)cc1. The molecular formula is C19H20N2O6. The third kappa shape index (κ3) is 4.97. The van der Waals surface area contributed by atoms with Crippen molar-refractivity contribution in [3.63, 3.8) is 0 Å². The minimum absolute atomic E-state index is 0.00755. The van der Waals surface area contributed by atoms with Crippen molar-refractivity contribution in [3.05, 3.63) is 66.4 Å². The number of ether oxygens (including phenoxy) is 2. The van der Waals surface area contributed by atoms with Gasteiger partial charge in [-0.15, -0.1) is 0 Å². The Morgan fingerprint density at radius 3 is 2.48 bits per heavy atom. The number of carboxylic acid groups (broad SMARTS) is 1. The number of carbonyl (C=O) groups excluding carboxylic acids is 2. The van der Waals surface area contributed by atoms with Gasteiger partial charge in [0.1, 0.15) is 12.4 Å². The van der Waals surface area contributed by atoms with Crippen LogP contribution in [0.2, 0.25) is 0 Å². The van der Waals surface area contributed by atoms with Crippen LogP contribution in [0.1, 0.15) is 12.5 Å². The van der Waals surface area contributed by atoms with Crippen LogP contribution in [-0.2, 0) is 19.9 Å². The Kier molecular flexibility index (Phi) is 6.37. The molecule has 0 radical (unpaired) electrons. The predicted molar refractivity (Wildman–Crippen MR) is 97.0 cm³/mol. The van der Waals surface area contributed by atoms with Crippen LogP contribution in [0.15, 0.2) is 60.8 Å². The molecule has 0 fully saturated rings. The van der Waals surface area contributed by atoms with E-state index in [1.54, 1.807) is 30.5 Å². The number of nitrogens with one attached hydrogen (secondary N) is 2. The Balaban J connectivity index is 1.90. The van der Waals surface area contributed by atoms with Crippen molar-refractivity contribution in [2.24, 2.45) is 0 Å². The molecule has 1 unspecified atom stereocenters. The molecule has 1 atom stereocenters. The molecule has 0 saturated carbocycles. The number of hydrogen-bond donors (Lipinski definition) is 3. The van der Waals surface area contributed by atoms with Crippen molar-refractivity contribution >= 4 is 18.0 Å². The largest absolute Gasteiger partial charge is 0.479 e. The summed E-state index contributed by atoms with van der Waals surface area (Å²) in [7, 11) is 0. The molecule has 0 aromatic heterocycles. The third-order valence-corrected chi connectivity index (χ3v) is 3.68. The van der Waals surface area contributed by atoms with Crippen LogP contribution in [0, 0.1) is 0 Å². The third-order valence-electron chi connectivity index (χ3n) is 3.68. The Bertz CT molecular complexity index is 797. The van der Waals surface area contributed by atoms with Gasteiger partial charge in [0.15, 0.2) is 5.54 Å². The summed E-state index contributed by atoms with van der Waals surface area (Å²) >= 11 is 0. The summed E-state index contributed by atoms with van der Waals surface area (Å²) in [4.78, 5) is 34.6. The summed E-state index contributed by atoms with van der Waals surface area (Å²) in [5, 5.41) is 14.8. The van der Waals surface area contributed by atoms with Gasteiger partial charge in [-0.05, 0) is 43.0 Å². The second kappa shape index (κ2) is 8.70. The van der Waals surface area contributed by atoms with E-state index in [9.17, 15) is 19.5 Å². The number of hydrogen-bond acceptors (Lipinski definition) is 6. The van der Waals surface area contributed by atoms with E-state index in [0.717, 1.165) is 0 Å². The highest BCUT2D eigenvalue weighted by Crippen LogP contribution is 2.27. The maximum absolute atomic E-state index is 11.7. The molecule has 0 bridgehead atoms. The molecule has 1 aliphatic rings. The van der Waals surface area contributed by atoms with Gasteiger partial charge in [0.2, 0.25) is 0 Å². The Hall–Kier alpha value is -3.55. The number of aliphatic carboxylic acids is 1. The number of carboxylic acids is 1. The number of esters is 1. The van der Waals surface area contributed by atoms with E-state index in [2.05, 4.69) is 17.2 Å². The lowest BCUT2D eigenvalue weighted by atomic mass is 9.88. The summed E-state index contributed by atoms with van der Waals surface area (Å²) in [5.74, 6) is -1.35. The predicted octanol–water partition coefficient (Wildman–Crippen LogP) is 1.85. The van der Waals surface area contributed by atoms with E-state index in [0.29, 0.717) is 5.56 Å². The van der Waals surface area contributed by atoms with Gasteiger partial charge < -0.3 is 25.2 Å². The summed E-state index contributed by atoms with van der Waals surface area (Å²) < 4.78 is 9.93. The second-order valence-electron chi connectivity index (χ2n) is 5.73. The van der Waals surface area contributed by atoms with E-state index in [-0.39, 0.29) is 24.5 Å². The lowest BCUT2D eigenvalue weighted by Crippen LogP contribution is -2.46. The van der Waals surface area contributed by atoms with Crippen LogP contribution in [0.4, 0.5) is 4.79 Å². The minimum atomic E-state index is -1.37. The molecule has 142 valence electrons. The van der Waals surface area contributed by atoms with Gasteiger partial charge >= 0.3 is 18.0 Å². The highest BCUT2D eigenvalue weighted by Gasteiger charge is 2.37. The van der Waals surface area contributed by atoms with E-state index < -0.39 is 23.6 Å². The average molecular weight is 372 g/mol. The molecular weight excluding hydrogens is 352 g/mol. The normalized spacial score (nSPS) is 17.5. The highest BCUT2D eigenvalue weighted by molar-refractivity contribution is 5.87. The van der Waals surface area contributed by atoms with Crippen molar-refractivity contribution in [2.75, 3.05) is 13.2 Å². The molecule has 2 rings (SSSR count). The summed E-state index contributed by atoms with van der Waals surface area (Å²) in [5.41, 5.74) is -0.618. The van der Waals surface area contributed by atoms with E-state index in [1.165, 1.54) is 25.1 Å². The lowest BCUT2D eigenvalue weighted by molar-refractivity contribution is -0.143. The van der Waals surface area contributed by atoms with Gasteiger partial charge in [-0.25, -0.2) is 14.4 Å². The van der Waals surface area contributed by atoms with Crippen LogP contribution in [0.25, 0.3) is 0 Å². The van der Waals surface area contributed by atoms with Gasteiger partial charge in [-0.2, -0.15) is 0 Å². The van der Waals surface area contributed by atoms with E-state index >= 15 is 0 Å². The molecule has 0 spiro atoms. The maximum atomic E-state index is 11.7. The number of carbonyl (C=O) groups is 3. The van der Waals surface area contributed by atoms with Gasteiger partial charge in [0.05, 0.1) is 6.54 Å². The fourth-order valence-corrected chi connectivity index (χ4v) is 2.27. The van der Waals surface area contributed by atoms with Crippen molar-refractivity contribution in [2.45, 2.75) is 12.5 Å². The Morgan fingerprint density at radius 2 is 1.93 bits per heavy atom. The summed E-state index contributed by atoms with van der Waals surface area (Å²) in [6, 6.07) is 6.10. The number of amides is 1. The summed E-state index contributed by atoms with van der Waals surface area (Å²) in [6.45, 7) is 5.05. The van der Waals surface area contributed by atoms with Gasteiger partial charge in [-0.3, -0.25) is 0 Å². The monoisotopic (exact) mass is 372 g/mol. The van der Waals surface area contributed by atoms with Crippen LogP contribution in [0.3, 0.4) is 0 Å². The van der Waals surface area contributed by atoms with Crippen LogP contribution < -0.4 is 15.4 Å². The van der Waals surface area contributed by atoms with Gasteiger partial charge in [0.25, 0.3) is 0 Å². The number of benzene rings is 1. The fraction of sp³-hybridized carbons (Fsp3) is 0.211. The lowest BCUT2D eigenvalue weighted by Gasteiger charge is -2.28. The Labute approximate surface area is 156 Å². The molecule has 1 aliphatic heterocycles. The zero-order valence-electron chi connectivity index (χ0n) is 14.7. The zero-order valence-corrected chi connectivity index (χ0v) is 14.7. The van der Waals surface area contributed by atoms with Crippen molar-refractivity contribution in [3.8, 4) is 5.75 Å². The standard InChI is InChI=1S/C19H20N2O6/c1-13(2)16(22)26-12-11-20-18(25)27-15-7-5-14(6-8-15)19(17(23)24)9-3-4-10-21-19/h3-10,21H,1,11-12H2,2H3,(H,20,25)(H,23,24). The molecule has 1 amide bonds. The van der Waals surface area contributed by atoms with E-state index in [1.807, 2.05) is 0 Å². The van der Waals surface area contributed by atoms with Crippen molar-refractivity contribution in [1.29, 1.82) is 0 Å². The zero-order chi connectivity index (χ0) is 19.9. The van der Waals surface area contributed by atoms with Crippen LogP contribution >= 0.6 is 0 Å². The fourth-order valence-electron chi connectivity index (χ4n) is 2.27. The molecule has 1 aromatic carbocycles. The first-order chi connectivity index (χ1) is 12.8. The molecule has 8 nitrogen and oxygen atoms in total. The summed E-state index contributed by atoms with van der Waals surface area (Å²) in [6.07, 6.45) is 5.69. The molecule has 3 N–H and O–H groups in total. The molecule has 1 aromatic rings. The first kappa shape index (κ1) is 19.8. The molecule has 1 heterocycles. The molecule has 0 saturated heterocycles. The first-order valence-electron chi connectivity index (χ1n) is 8.09. The smallest absolute Gasteiger partial charge is 0.412 e. The quantitative estimate of drug-likeness (QED) is 0.380.